The molecule has 0 fully saturated rings. The van der Waals surface area contributed by atoms with Gasteiger partial charge >= 0.3 is 0 Å². The molecule has 31 heavy (non-hydrogen) atoms. The first-order valence-electron chi connectivity index (χ1n) is 9.60. The Morgan fingerprint density at radius 2 is 1.45 bits per heavy atom. The van der Waals surface area contributed by atoms with Crippen molar-refractivity contribution in [2.45, 2.75) is 6.61 Å². The Bertz CT molecular complexity index is 1170. The van der Waals surface area contributed by atoms with E-state index in [4.69, 9.17) is 26.4 Å². The number of nitrogen functional groups attached to an aromatic ring is 2. The van der Waals surface area contributed by atoms with Gasteiger partial charge in [-0.25, -0.2) is 9.97 Å². The highest BCUT2D eigenvalue weighted by atomic mass is 16.5. The highest BCUT2D eigenvalue weighted by Gasteiger charge is 2.14. The van der Waals surface area contributed by atoms with E-state index in [0.717, 1.165) is 11.3 Å². The van der Waals surface area contributed by atoms with Gasteiger partial charge in [0.1, 0.15) is 41.8 Å². The Kier molecular flexibility index (Phi) is 5.75. The Morgan fingerprint density at radius 1 is 0.774 bits per heavy atom. The molecule has 0 atom stereocenters. The summed E-state index contributed by atoms with van der Waals surface area (Å²) >= 11 is 0. The van der Waals surface area contributed by atoms with E-state index in [1.165, 1.54) is 6.33 Å². The van der Waals surface area contributed by atoms with Crippen molar-refractivity contribution in [3.8, 4) is 17.2 Å². The summed E-state index contributed by atoms with van der Waals surface area (Å²) in [4.78, 5) is 7.82. The number of anilines is 2. The second-order valence-electron chi connectivity index (χ2n) is 6.77. The van der Waals surface area contributed by atoms with Gasteiger partial charge in [0.15, 0.2) is 0 Å². The first kappa shape index (κ1) is 19.9. The van der Waals surface area contributed by atoms with Crippen molar-refractivity contribution >= 4 is 17.3 Å². The number of hydrogen-bond acceptors (Lipinski definition) is 7. The van der Waals surface area contributed by atoms with Crippen LogP contribution in [0.3, 0.4) is 0 Å². The van der Waals surface area contributed by atoms with Gasteiger partial charge in [0, 0.05) is 11.6 Å². The molecule has 0 aliphatic heterocycles. The summed E-state index contributed by atoms with van der Waals surface area (Å²) in [5.74, 6) is 2.34. The van der Waals surface area contributed by atoms with Gasteiger partial charge in [0.2, 0.25) is 0 Å². The molecule has 5 N–H and O–H groups in total. The lowest BCUT2D eigenvalue weighted by Gasteiger charge is -2.11. The Morgan fingerprint density at radius 3 is 2.16 bits per heavy atom. The number of benzene rings is 3. The van der Waals surface area contributed by atoms with Gasteiger partial charge in [-0.1, -0.05) is 36.4 Å². The number of nitrogens with one attached hydrogen (secondary N) is 1. The van der Waals surface area contributed by atoms with Crippen LogP contribution < -0.4 is 20.9 Å². The number of hydrogen-bond donors (Lipinski definition) is 3. The molecule has 0 spiro atoms. The Hall–Kier alpha value is -4.39. The van der Waals surface area contributed by atoms with Crippen molar-refractivity contribution < 1.29 is 9.47 Å². The third-order valence-corrected chi connectivity index (χ3v) is 4.59. The SMILES string of the molecule is N=C(c1ccc(Oc2cccc(OCc3ccccc3)c2)cc1)c1c(N)ncnc1N. The van der Waals surface area contributed by atoms with Crippen molar-refractivity contribution in [3.05, 3.63) is 102 Å². The number of nitrogens with zero attached hydrogens (tertiary/aromatic N) is 2. The van der Waals surface area contributed by atoms with E-state index >= 15 is 0 Å². The van der Waals surface area contributed by atoms with Crippen LogP contribution in [0.1, 0.15) is 16.7 Å². The van der Waals surface area contributed by atoms with Crippen LogP contribution in [0.25, 0.3) is 0 Å². The first-order valence-corrected chi connectivity index (χ1v) is 9.60. The number of aromatic nitrogens is 2. The standard InChI is InChI=1S/C24H21N5O2/c25-22(21-23(26)28-15-29-24(21)27)17-9-11-18(12-10-17)31-20-8-4-7-19(13-20)30-14-16-5-2-1-3-6-16/h1-13,15,25H,14H2,(H4,26,27,28,29). The van der Waals surface area contributed by atoms with Crippen molar-refractivity contribution in [3.63, 3.8) is 0 Å². The minimum Gasteiger partial charge on any atom is -0.489 e. The minimum atomic E-state index is 0.151. The minimum absolute atomic E-state index is 0.151. The highest BCUT2D eigenvalue weighted by molar-refractivity contribution is 6.15. The quantitative estimate of drug-likeness (QED) is 0.387. The average Bonchev–Trinajstić information content (AvgIpc) is 2.79. The Balaban J connectivity index is 1.44. The summed E-state index contributed by atoms with van der Waals surface area (Å²) in [5, 5.41) is 8.39. The van der Waals surface area contributed by atoms with E-state index in [0.29, 0.717) is 29.2 Å². The van der Waals surface area contributed by atoms with E-state index in [9.17, 15) is 0 Å². The molecule has 1 heterocycles. The normalized spacial score (nSPS) is 10.5. The first-order chi connectivity index (χ1) is 15.1. The molecule has 7 nitrogen and oxygen atoms in total. The van der Waals surface area contributed by atoms with Gasteiger partial charge in [-0.3, -0.25) is 5.41 Å². The lowest BCUT2D eigenvalue weighted by molar-refractivity contribution is 0.304. The molecular formula is C24H21N5O2. The molecular weight excluding hydrogens is 390 g/mol. The summed E-state index contributed by atoms with van der Waals surface area (Å²) in [7, 11) is 0. The van der Waals surface area contributed by atoms with Crippen molar-refractivity contribution in [2.24, 2.45) is 0 Å². The molecule has 3 aromatic carbocycles. The van der Waals surface area contributed by atoms with Gasteiger partial charge in [-0.15, -0.1) is 0 Å². The van der Waals surface area contributed by atoms with Crippen LogP contribution >= 0.6 is 0 Å². The zero-order valence-corrected chi connectivity index (χ0v) is 16.7. The van der Waals surface area contributed by atoms with Crippen LogP contribution in [0.5, 0.6) is 17.2 Å². The third-order valence-electron chi connectivity index (χ3n) is 4.59. The maximum absolute atomic E-state index is 8.39. The second kappa shape index (κ2) is 8.96. The number of nitrogens with two attached hydrogens (primary N) is 2. The van der Waals surface area contributed by atoms with Crippen LogP contribution in [0, 0.1) is 5.41 Å². The molecule has 0 radical (unpaired) electrons. The molecule has 0 saturated carbocycles. The van der Waals surface area contributed by atoms with E-state index in [2.05, 4.69) is 9.97 Å². The van der Waals surface area contributed by atoms with E-state index < -0.39 is 0 Å². The van der Waals surface area contributed by atoms with Gasteiger partial charge in [0.05, 0.1) is 11.3 Å². The summed E-state index contributed by atoms with van der Waals surface area (Å²) in [5.41, 5.74) is 13.9. The summed E-state index contributed by atoms with van der Waals surface area (Å²) in [6, 6.07) is 24.5. The lowest BCUT2D eigenvalue weighted by atomic mass is 10.0. The molecule has 4 rings (SSSR count). The van der Waals surface area contributed by atoms with Gasteiger partial charge in [0.25, 0.3) is 0 Å². The second-order valence-corrected chi connectivity index (χ2v) is 6.77. The lowest BCUT2D eigenvalue weighted by Crippen LogP contribution is -2.11. The largest absolute Gasteiger partial charge is 0.489 e. The van der Waals surface area contributed by atoms with Gasteiger partial charge < -0.3 is 20.9 Å². The van der Waals surface area contributed by atoms with Crippen molar-refractivity contribution in [2.75, 3.05) is 11.5 Å². The number of ether oxygens (including phenoxy) is 2. The molecule has 154 valence electrons. The zero-order chi connectivity index (χ0) is 21.6. The fourth-order valence-corrected chi connectivity index (χ4v) is 3.01. The predicted molar refractivity (Wildman–Crippen MR) is 121 cm³/mol. The number of rotatable bonds is 7. The smallest absolute Gasteiger partial charge is 0.138 e. The molecule has 0 saturated heterocycles. The van der Waals surface area contributed by atoms with E-state index in [-0.39, 0.29) is 17.3 Å². The topological polar surface area (TPSA) is 120 Å². The van der Waals surface area contributed by atoms with Gasteiger partial charge in [-0.05, 0) is 42.0 Å². The monoisotopic (exact) mass is 411 g/mol. The van der Waals surface area contributed by atoms with E-state index in [1.54, 1.807) is 24.3 Å². The summed E-state index contributed by atoms with van der Waals surface area (Å²) in [6.45, 7) is 0.483. The average molecular weight is 411 g/mol. The zero-order valence-electron chi connectivity index (χ0n) is 16.7. The van der Waals surface area contributed by atoms with Crippen molar-refractivity contribution in [1.29, 1.82) is 5.41 Å². The van der Waals surface area contributed by atoms with Crippen molar-refractivity contribution in [1.82, 2.24) is 9.97 Å². The molecule has 0 unspecified atom stereocenters. The maximum Gasteiger partial charge on any atom is 0.138 e. The van der Waals surface area contributed by atoms with Crippen LogP contribution in [0.4, 0.5) is 11.6 Å². The molecule has 0 amide bonds. The van der Waals surface area contributed by atoms with Crippen LogP contribution in [0.15, 0.2) is 85.2 Å². The summed E-state index contributed by atoms with van der Waals surface area (Å²) < 4.78 is 11.8. The molecule has 7 heteroatoms. The molecule has 0 bridgehead atoms. The molecule has 4 aromatic rings. The molecule has 0 aliphatic carbocycles. The van der Waals surface area contributed by atoms with Crippen LogP contribution in [-0.2, 0) is 6.61 Å². The van der Waals surface area contributed by atoms with Crippen LogP contribution in [0.2, 0.25) is 0 Å². The predicted octanol–water partition coefficient (Wildman–Crippen LogP) is 4.43. The fourth-order valence-electron chi connectivity index (χ4n) is 3.01. The van der Waals surface area contributed by atoms with E-state index in [1.807, 2.05) is 54.6 Å². The highest BCUT2D eigenvalue weighted by Crippen LogP contribution is 2.27. The molecule has 0 aliphatic rings. The Labute approximate surface area is 179 Å². The molecule has 1 aromatic heterocycles. The summed E-state index contributed by atoms with van der Waals surface area (Å²) in [6.07, 6.45) is 1.27. The van der Waals surface area contributed by atoms with Gasteiger partial charge in [-0.2, -0.15) is 0 Å². The third kappa shape index (κ3) is 4.79. The van der Waals surface area contributed by atoms with Crippen LogP contribution in [-0.4, -0.2) is 15.7 Å². The maximum atomic E-state index is 8.39. The fraction of sp³-hybridized carbons (Fsp3) is 0.0417.